The van der Waals surface area contributed by atoms with E-state index < -0.39 is 40.7 Å². The van der Waals surface area contributed by atoms with Gasteiger partial charge in [-0.05, 0) is 42.4 Å². The molecular weight excluding hydrogens is 444 g/mol. The Morgan fingerprint density at radius 1 is 0.970 bits per heavy atom. The molecule has 2 amide bonds. The molecule has 0 saturated heterocycles. The normalized spacial score (nSPS) is 14.7. The lowest BCUT2D eigenvalue weighted by Gasteiger charge is -2.24. The van der Waals surface area contributed by atoms with Crippen LogP contribution in [0.2, 0.25) is 0 Å². The molecule has 2 aromatic rings. The molecule has 9 heteroatoms. The third-order valence-corrected chi connectivity index (χ3v) is 6.27. The Morgan fingerprint density at radius 3 is 2.18 bits per heavy atom. The maximum atomic E-state index is 12.7. The monoisotopic (exact) mass is 476 g/mol. The number of amides is 2. The number of hydrogen-bond acceptors (Lipinski definition) is 6. The summed E-state index contributed by atoms with van der Waals surface area (Å²) in [4.78, 5) is 24.5. The Morgan fingerprint density at radius 2 is 1.61 bits per heavy atom. The van der Waals surface area contributed by atoms with Crippen molar-refractivity contribution in [3.8, 4) is 11.1 Å². The molecule has 3 unspecified atom stereocenters. The highest BCUT2D eigenvalue weighted by atomic mass is 32.2. The minimum absolute atomic E-state index is 0.193. The van der Waals surface area contributed by atoms with Crippen molar-refractivity contribution in [1.82, 2.24) is 10.8 Å². The molecule has 5 N–H and O–H groups in total. The summed E-state index contributed by atoms with van der Waals surface area (Å²) in [5.74, 6) is -2.49. The topological polar surface area (TPSA) is 136 Å². The number of carbonyl (C=O) groups is 2. The number of rotatable bonds is 13. The molecule has 0 aliphatic rings. The number of hydrogen-bond donors (Lipinski definition) is 5. The van der Waals surface area contributed by atoms with Crippen molar-refractivity contribution in [2.45, 2.75) is 37.8 Å². The molecule has 180 valence electrons. The third kappa shape index (κ3) is 8.70. The maximum Gasteiger partial charge on any atom is 0.272 e. The van der Waals surface area contributed by atoms with Gasteiger partial charge in [-0.2, -0.15) is 0 Å². The number of aryl methyl sites for hydroxylation is 1. The van der Waals surface area contributed by atoms with Crippen LogP contribution in [0.4, 0.5) is 0 Å². The van der Waals surface area contributed by atoms with Crippen LogP contribution in [0, 0.1) is 5.92 Å². The van der Waals surface area contributed by atoms with Crippen LogP contribution in [-0.2, 0) is 26.8 Å². The molecule has 0 fully saturated rings. The quantitative estimate of drug-likeness (QED) is 0.219. The van der Waals surface area contributed by atoms with Gasteiger partial charge in [0.1, 0.15) is 6.10 Å². The summed E-state index contributed by atoms with van der Waals surface area (Å²) in [7, 11) is -1.08. The molecular formula is C24H32N2O6S. The predicted molar refractivity (Wildman–Crippen MR) is 127 cm³/mol. The fourth-order valence-electron chi connectivity index (χ4n) is 3.53. The maximum absolute atomic E-state index is 12.7. The Kier molecular flexibility index (Phi) is 11.2. The Bertz CT molecular complexity index is 907. The summed E-state index contributed by atoms with van der Waals surface area (Å²) in [5, 5.41) is 31.2. The average Bonchev–Trinajstić information content (AvgIpc) is 2.84. The van der Waals surface area contributed by atoms with Gasteiger partial charge in [-0.3, -0.25) is 19.0 Å². The first-order valence-electron chi connectivity index (χ1n) is 10.8. The summed E-state index contributed by atoms with van der Waals surface area (Å²) in [6, 6.07) is 17.4. The molecule has 0 heterocycles. The summed E-state index contributed by atoms with van der Waals surface area (Å²) in [6.07, 6.45) is 1.43. The molecule has 0 aromatic heterocycles. The summed E-state index contributed by atoms with van der Waals surface area (Å²) in [5.41, 5.74) is 4.64. The van der Waals surface area contributed by atoms with Gasteiger partial charge < -0.3 is 15.5 Å². The van der Waals surface area contributed by atoms with Gasteiger partial charge in [-0.25, -0.2) is 5.48 Å². The highest BCUT2D eigenvalue weighted by molar-refractivity contribution is 7.84. The van der Waals surface area contributed by atoms with Crippen LogP contribution in [0.3, 0.4) is 0 Å². The van der Waals surface area contributed by atoms with Crippen molar-refractivity contribution in [3.63, 3.8) is 0 Å². The zero-order valence-corrected chi connectivity index (χ0v) is 19.5. The molecule has 0 spiro atoms. The molecule has 0 saturated carbocycles. The first-order valence-corrected chi connectivity index (χ1v) is 12.6. The number of aliphatic hydroxyl groups is 2. The van der Waals surface area contributed by atoms with Crippen LogP contribution in [0.15, 0.2) is 54.6 Å². The molecule has 8 nitrogen and oxygen atoms in total. The van der Waals surface area contributed by atoms with Gasteiger partial charge in [-0.15, -0.1) is 0 Å². The minimum atomic E-state index is -1.74. The van der Waals surface area contributed by atoms with Crippen LogP contribution >= 0.6 is 0 Å². The third-order valence-electron chi connectivity index (χ3n) is 5.46. The standard InChI is InChI=1S/C24H32N2O6S/c1-33(32)15-14-20(16-27)25-23(29)21(22(28)24(30)26-31)9-5-6-17-10-12-19(13-11-17)18-7-3-2-4-8-18/h2-4,7-8,10-13,20-22,27-28,31H,5-6,9,14-16H2,1H3,(H,25,29)(H,26,30)/t20-,21?,22?,33?/m0/s1. The smallest absolute Gasteiger partial charge is 0.272 e. The molecule has 0 radical (unpaired) electrons. The van der Waals surface area contributed by atoms with Gasteiger partial charge in [0.25, 0.3) is 5.91 Å². The second-order valence-electron chi connectivity index (χ2n) is 7.94. The molecule has 2 aromatic carbocycles. The molecule has 2 rings (SSSR count). The van der Waals surface area contributed by atoms with E-state index in [1.807, 2.05) is 54.6 Å². The Labute approximate surface area is 196 Å². The van der Waals surface area contributed by atoms with Crippen LogP contribution in [0.25, 0.3) is 11.1 Å². The van der Waals surface area contributed by atoms with E-state index in [-0.39, 0.29) is 13.0 Å². The van der Waals surface area contributed by atoms with Crippen molar-refractivity contribution < 1.29 is 29.2 Å². The zero-order chi connectivity index (χ0) is 24.2. The van der Waals surface area contributed by atoms with Crippen molar-refractivity contribution >= 4 is 22.6 Å². The van der Waals surface area contributed by atoms with Gasteiger partial charge in [-0.1, -0.05) is 54.6 Å². The van der Waals surface area contributed by atoms with Gasteiger partial charge in [0.05, 0.1) is 18.6 Å². The van der Waals surface area contributed by atoms with Crippen molar-refractivity contribution in [2.75, 3.05) is 18.6 Å². The lowest BCUT2D eigenvalue weighted by Crippen LogP contribution is -2.48. The summed E-state index contributed by atoms with van der Waals surface area (Å²) < 4.78 is 11.3. The fraction of sp³-hybridized carbons (Fsp3) is 0.417. The fourth-order valence-corrected chi connectivity index (χ4v) is 4.14. The van der Waals surface area contributed by atoms with Crippen LogP contribution in [0.5, 0.6) is 0 Å². The highest BCUT2D eigenvalue weighted by Crippen LogP contribution is 2.21. The van der Waals surface area contributed by atoms with Crippen molar-refractivity contribution in [1.29, 1.82) is 0 Å². The van der Waals surface area contributed by atoms with E-state index in [1.165, 1.54) is 11.7 Å². The van der Waals surface area contributed by atoms with Gasteiger partial charge >= 0.3 is 0 Å². The van der Waals surface area contributed by atoms with Crippen LogP contribution in [-0.4, -0.2) is 62.2 Å². The highest BCUT2D eigenvalue weighted by Gasteiger charge is 2.32. The molecule has 4 atom stereocenters. The van der Waals surface area contributed by atoms with Crippen LogP contribution < -0.4 is 10.8 Å². The number of nitrogens with one attached hydrogen (secondary N) is 2. The van der Waals surface area contributed by atoms with E-state index in [0.29, 0.717) is 25.0 Å². The molecule has 0 aliphatic carbocycles. The summed E-state index contributed by atoms with van der Waals surface area (Å²) in [6.45, 7) is -0.355. The average molecular weight is 477 g/mol. The van der Waals surface area contributed by atoms with Crippen molar-refractivity contribution in [3.05, 3.63) is 60.2 Å². The van der Waals surface area contributed by atoms with E-state index in [9.17, 15) is 24.0 Å². The summed E-state index contributed by atoms with van der Waals surface area (Å²) >= 11 is 0. The number of hydroxylamine groups is 1. The molecule has 0 aliphatic heterocycles. The van der Waals surface area contributed by atoms with Crippen LogP contribution in [0.1, 0.15) is 24.8 Å². The first kappa shape index (κ1) is 26.7. The van der Waals surface area contributed by atoms with Crippen molar-refractivity contribution in [2.24, 2.45) is 5.92 Å². The Hall–Kier alpha value is -2.59. The van der Waals surface area contributed by atoms with Gasteiger partial charge in [0.15, 0.2) is 0 Å². The second-order valence-corrected chi connectivity index (χ2v) is 9.49. The van der Waals surface area contributed by atoms with E-state index in [2.05, 4.69) is 5.32 Å². The minimum Gasteiger partial charge on any atom is -0.394 e. The van der Waals surface area contributed by atoms with E-state index >= 15 is 0 Å². The zero-order valence-electron chi connectivity index (χ0n) is 18.6. The van der Waals surface area contributed by atoms with Gasteiger partial charge in [0, 0.05) is 22.8 Å². The first-order chi connectivity index (χ1) is 15.8. The molecule has 33 heavy (non-hydrogen) atoms. The van der Waals surface area contributed by atoms with E-state index in [1.54, 1.807) is 0 Å². The SMILES string of the molecule is CS(=O)CC[C@@H](CO)NC(=O)C(CCCc1ccc(-c2ccccc2)cc1)C(O)C(=O)NO. The largest absolute Gasteiger partial charge is 0.394 e. The van der Waals surface area contributed by atoms with E-state index in [4.69, 9.17) is 5.21 Å². The number of benzene rings is 2. The number of aliphatic hydroxyl groups excluding tert-OH is 2. The second kappa shape index (κ2) is 13.8. The molecule has 0 bridgehead atoms. The lowest BCUT2D eigenvalue weighted by molar-refractivity contribution is -0.146. The predicted octanol–water partition coefficient (Wildman–Crippen LogP) is 1.40. The number of carbonyl (C=O) groups excluding carboxylic acids is 2. The van der Waals surface area contributed by atoms with E-state index in [0.717, 1.165) is 16.7 Å². The Balaban J connectivity index is 1.99. The van der Waals surface area contributed by atoms with Gasteiger partial charge in [0.2, 0.25) is 5.91 Å². The lowest BCUT2D eigenvalue weighted by atomic mass is 9.92.